The lowest BCUT2D eigenvalue weighted by Gasteiger charge is -2.20. The summed E-state index contributed by atoms with van der Waals surface area (Å²) in [7, 11) is 0. The Balaban J connectivity index is 1.79. The van der Waals surface area contributed by atoms with Crippen molar-refractivity contribution >= 4 is 17.8 Å². The number of nitrogens with zero attached hydrogens (tertiary/aromatic N) is 1. The first kappa shape index (κ1) is 15.4. The Bertz CT molecular complexity index is 709. The minimum absolute atomic E-state index is 0.0250. The highest BCUT2D eigenvalue weighted by Gasteiger charge is 2.81. The molecule has 1 saturated heterocycles. The molecule has 8 heteroatoms. The summed E-state index contributed by atoms with van der Waals surface area (Å²) in [6.45, 7) is -0.463. The van der Waals surface area contributed by atoms with E-state index in [0.29, 0.717) is 0 Å². The Kier molecular flexibility index (Phi) is 3.17. The first-order valence-electron chi connectivity index (χ1n) is 6.91. The predicted octanol–water partition coefficient (Wildman–Crippen LogP) is 0.895. The van der Waals surface area contributed by atoms with Gasteiger partial charge in [0, 0.05) is 18.7 Å². The number of carbonyl (C=O) groups is 3. The number of fused-ring (bicyclic) bond motifs is 1. The summed E-state index contributed by atoms with van der Waals surface area (Å²) in [4.78, 5) is 36.1. The SMILES string of the molecule is O=C(Cc1cccc(F)c1F)N1C[C@@]2(C(=O)O)C[C@@]2(C(=O)O)C1. The number of likely N-dealkylation sites (tertiary alicyclic amines) is 1. The molecule has 6 nitrogen and oxygen atoms in total. The summed E-state index contributed by atoms with van der Waals surface area (Å²) >= 11 is 0. The van der Waals surface area contributed by atoms with Crippen LogP contribution in [0.15, 0.2) is 18.2 Å². The Labute approximate surface area is 129 Å². The van der Waals surface area contributed by atoms with Crippen LogP contribution in [-0.4, -0.2) is 46.0 Å². The first-order valence-corrected chi connectivity index (χ1v) is 6.91. The third-order valence-corrected chi connectivity index (χ3v) is 4.86. The Morgan fingerprint density at radius 3 is 2.17 bits per heavy atom. The fourth-order valence-electron chi connectivity index (χ4n) is 3.42. The van der Waals surface area contributed by atoms with E-state index in [0.717, 1.165) is 11.0 Å². The molecule has 0 unspecified atom stereocenters. The van der Waals surface area contributed by atoms with Gasteiger partial charge in [-0.1, -0.05) is 12.1 Å². The second-order valence-corrected chi connectivity index (χ2v) is 6.09. The Morgan fingerprint density at radius 1 is 1.09 bits per heavy atom. The second kappa shape index (κ2) is 4.74. The molecule has 0 aromatic heterocycles. The van der Waals surface area contributed by atoms with E-state index in [-0.39, 0.29) is 25.1 Å². The summed E-state index contributed by atoms with van der Waals surface area (Å²) in [5, 5.41) is 18.6. The largest absolute Gasteiger partial charge is 0.481 e. The van der Waals surface area contributed by atoms with Gasteiger partial charge in [-0.2, -0.15) is 0 Å². The molecule has 1 amide bonds. The highest BCUT2D eigenvalue weighted by atomic mass is 19.2. The highest BCUT2D eigenvalue weighted by Crippen LogP contribution is 2.68. The van der Waals surface area contributed by atoms with Crippen LogP contribution < -0.4 is 0 Å². The minimum Gasteiger partial charge on any atom is -0.481 e. The molecule has 0 bridgehead atoms. The number of benzene rings is 1. The maximum Gasteiger partial charge on any atom is 0.312 e. The van der Waals surface area contributed by atoms with Gasteiger partial charge in [-0.25, -0.2) is 8.78 Å². The molecule has 0 spiro atoms. The number of carbonyl (C=O) groups excluding carboxylic acids is 1. The van der Waals surface area contributed by atoms with Crippen LogP contribution in [0.1, 0.15) is 12.0 Å². The van der Waals surface area contributed by atoms with E-state index in [1.54, 1.807) is 0 Å². The molecule has 3 rings (SSSR count). The average Bonchev–Trinajstić information content (AvgIpc) is 3.03. The maximum absolute atomic E-state index is 13.6. The number of amides is 1. The van der Waals surface area contributed by atoms with Gasteiger partial charge >= 0.3 is 11.9 Å². The molecule has 2 aliphatic rings. The van der Waals surface area contributed by atoms with Gasteiger partial charge in [0.1, 0.15) is 10.8 Å². The van der Waals surface area contributed by atoms with Crippen LogP contribution in [0.2, 0.25) is 0 Å². The van der Waals surface area contributed by atoms with Crippen LogP contribution in [0.5, 0.6) is 0 Å². The van der Waals surface area contributed by atoms with Crippen molar-refractivity contribution in [3.05, 3.63) is 35.4 Å². The zero-order valence-corrected chi connectivity index (χ0v) is 11.9. The summed E-state index contributed by atoms with van der Waals surface area (Å²) in [5.74, 6) is -5.35. The minimum atomic E-state index is -1.48. The summed E-state index contributed by atoms with van der Waals surface area (Å²) in [6.07, 6.45) is -0.474. The van der Waals surface area contributed by atoms with Gasteiger partial charge in [0.25, 0.3) is 0 Å². The number of carboxylic acid groups (broad SMARTS) is 2. The lowest BCUT2D eigenvalue weighted by atomic mass is 9.97. The molecule has 1 aromatic rings. The molecule has 1 saturated carbocycles. The molecular formula is C15H13F2NO5. The normalized spacial score (nSPS) is 28.3. The Hall–Kier alpha value is -2.51. The van der Waals surface area contributed by atoms with E-state index in [4.69, 9.17) is 0 Å². The van der Waals surface area contributed by atoms with E-state index in [1.165, 1.54) is 12.1 Å². The van der Waals surface area contributed by atoms with Gasteiger partial charge in [0.05, 0.1) is 6.42 Å². The van der Waals surface area contributed by atoms with E-state index in [1.807, 2.05) is 0 Å². The van der Waals surface area contributed by atoms with Gasteiger partial charge in [0.2, 0.25) is 5.91 Å². The molecular weight excluding hydrogens is 312 g/mol. The summed E-state index contributed by atoms with van der Waals surface area (Å²) < 4.78 is 26.8. The smallest absolute Gasteiger partial charge is 0.312 e. The molecule has 1 aromatic carbocycles. The third-order valence-electron chi connectivity index (χ3n) is 4.86. The number of piperidine rings is 1. The topological polar surface area (TPSA) is 94.9 Å². The zero-order chi connectivity index (χ0) is 17.0. The molecule has 122 valence electrons. The molecule has 2 N–H and O–H groups in total. The van der Waals surface area contributed by atoms with Crippen LogP contribution in [0, 0.1) is 22.5 Å². The summed E-state index contributed by atoms with van der Waals surface area (Å²) in [6, 6.07) is 3.44. The molecule has 1 aliphatic carbocycles. The van der Waals surface area contributed by atoms with Crippen LogP contribution >= 0.6 is 0 Å². The monoisotopic (exact) mass is 325 g/mol. The van der Waals surface area contributed by atoms with Crippen LogP contribution in [-0.2, 0) is 20.8 Å². The van der Waals surface area contributed by atoms with Gasteiger partial charge < -0.3 is 15.1 Å². The average molecular weight is 325 g/mol. The van der Waals surface area contributed by atoms with Crippen molar-refractivity contribution in [2.24, 2.45) is 10.8 Å². The van der Waals surface area contributed by atoms with Crippen molar-refractivity contribution < 1.29 is 33.4 Å². The lowest BCUT2D eigenvalue weighted by molar-refractivity contribution is -0.151. The summed E-state index contributed by atoms with van der Waals surface area (Å²) in [5.41, 5.74) is -3.10. The maximum atomic E-state index is 13.6. The van der Waals surface area contributed by atoms with Crippen molar-refractivity contribution in [2.45, 2.75) is 12.8 Å². The Morgan fingerprint density at radius 2 is 1.65 bits per heavy atom. The van der Waals surface area contributed by atoms with Crippen LogP contribution in [0.4, 0.5) is 8.78 Å². The quantitative estimate of drug-likeness (QED) is 0.857. The number of carboxylic acids is 2. The molecule has 1 aliphatic heterocycles. The fourth-order valence-corrected chi connectivity index (χ4v) is 3.42. The second-order valence-electron chi connectivity index (χ2n) is 6.09. The van der Waals surface area contributed by atoms with Crippen molar-refractivity contribution in [1.29, 1.82) is 0 Å². The molecule has 23 heavy (non-hydrogen) atoms. The fraction of sp³-hybridized carbons (Fsp3) is 0.400. The van der Waals surface area contributed by atoms with E-state index < -0.39 is 46.7 Å². The van der Waals surface area contributed by atoms with Gasteiger partial charge in [0.15, 0.2) is 11.6 Å². The van der Waals surface area contributed by atoms with Crippen molar-refractivity contribution in [1.82, 2.24) is 4.90 Å². The standard InChI is InChI=1S/C15H13F2NO5/c16-9-3-1-2-8(11(9)17)4-10(19)18-6-14(12(20)21)5-15(14,7-18)13(22)23/h1-3H,4-7H2,(H,20,21)(H,22,23)/t14-,15+. The van der Waals surface area contributed by atoms with Gasteiger partial charge in [-0.15, -0.1) is 0 Å². The first-order chi connectivity index (χ1) is 10.7. The molecule has 2 atom stereocenters. The number of aliphatic carboxylic acids is 2. The van der Waals surface area contributed by atoms with Crippen LogP contribution in [0.25, 0.3) is 0 Å². The number of rotatable bonds is 4. The van der Waals surface area contributed by atoms with E-state index in [9.17, 15) is 33.4 Å². The number of hydrogen-bond donors (Lipinski definition) is 2. The van der Waals surface area contributed by atoms with Crippen molar-refractivity contribution in [3.63, 3.8) is 0 Å². The molecule has 2 fully saturated rings. The van der Waals surface area contributed by atoms with Crippen LogP contribution in [0.3, 0.4) is 0 Å². The van der Waals surface area contributed by atoms with Gasteiger partial charge in [-0.05, 0) is 12.5 Å². The predicted molar refractivity (Wildman–Crippen MR) is 71.4 cm³/mol. The zero-order valence-electron chi connectivity index (χ0n) is 11.9. The van der Waals surface area contributed by atoms with Crippen molar-refractivity contribution in [3.8, 4) is 0 Å². The van der Waals surface area contributed by atoms with Gasteiger partial charge in [-0.3, -0.25) is 14.4 Å². The number of halogens is 2. The van der Waals surface area contributed by atoms with E-state index in [2.05, 4.69) is 0 Å². The third kappa shape index (κ3) is 2.01. The van der Waals surface area contributed by atoms with E-state index >= 15 is 0 Å². The number of hydrogen-bond acceptors (Lipinski definition) is 3. The molecule has 0 radical (unpaired) electrons. The molecule has 1 heterocycles. The van der Waals surface area contributed by atoms with Crippen molar-refractivity contribution in [2.75, 3.05) is 13.1 Å². The highest BCUT2D eigenvalue weighted by molar-refractivity contribution is 5.96. The lowest BCUT2D eigenvalue weighted by Crippen LogP contribution is -2.35.